The van der Waals surface area contributed by atoms with Crippen LogP contribution in [0, 0.1) is 5.92 Å². The van der Waals surface area contributed by atoms with Gasteiger partial charge < -0.3 is 14.3 Å². The van der Waals surface area contributed by atoms with Gasteiger partial charge in [-0.1, -0.05) is 43.2 Å². The van der Waals surface area contributed by atoms with Crippen LogP contribution < -0.4 is 0 Å². The average Bonchev–Trinajstić information content (AvgIpc) is 3.35. The summed E-state index contributed by atoms with van der Waals surface area (Å²) in [5.41, 5.74) is 0.443. The summed E-state index contributed by atoms with van der Waals surface area (Å²) in [5.74, 6) is -0.520. The summed E-state index contributed by atoms with van der Waals surface area (Å²) in [6, 6.07) is 13.6. The number of carbonyl (C=O) groups excluding carboxylic acids is 1. The van der Waals surface area contributed by atoms with Crippen molar-refractivity contribution >= 4 is 5.97 Å². The number of benzene rings is 1. The fourth-order valence-electron chi connectivity index (χ4n) is 5.69. The maximum atomic E-state index is 13.4. The van der Waals surface area contributed by atoms with Crippen molar-refractivity contribution in [2.75, 3.05) is 26.7 Å². The number of pyridine rings is 1. The smallest absolute Gasteiger partial charge is 0.343 e. The first kappa shape index (κ1) is 22.9. The summed E-state index contributed by atoms with van der Waals surface area (Å²) < 4.78 is 6.98. The second kappa shape index (κ2) is 10.1. The number of likely N-dealkylation sites (tertiary alicyclic amines) is 1. The average molecular weight is 438 g/mol. The molecule has 2 aliphatic rings. The molecule has 2 heterocycles. The number of rotatable bonds is 8. The van der Waals surface area contributed by atoms with Crippen molar-refractivity contribution in [3.8, 4) is 0 Å². The van der Waals surface area contributed by atoms with Crippen LogP contribution in [-0.2, 0) is 21.6 Å². The third-order valence-corrected chi connectivity index (χ3v) is 7.53. The molecule has 5 nitrogen and oxygen atoms in total. The van der Waals surface area contributed by atoms with E-state index in [0.29, 0.717) is 5.56 Å². The lowest BCUT2D eigenvalue weighted by Gasteiger charge is -2.42. The number of nitrogens with zero attached hydrogens (tertiary/aromatic N) is 2. The number of likely N-dealkylation sites (N-methyl/N-ethyl adjacent to an activating group) is 1. The molecule has 2 unspecified atom stereocenters. The normalized spacial score (nSPS) is 25.9. The van der Waals surface area contributed by atoms with E-state index in [2.05, 4.69) is 24.2 Å². The van der Waals surface area contributed by atoms with E-state index in [0.717, 1.165) is 75.5 Å². The maximum Gasteiger partial charge on any atom is 0.343 e. The predicted octanol–water partition coefficient (Wildman–Crippen LogP) is 4.24. The number of carbonyl (C=O) groups is 1. The van der Waals surface area contributed by atoms with E-state index in [1.165, 1.54) is 5.56 Å². The Labute approximate surface area is 192 Å². The largest absolute Gasteiger partial charge is 0.454 e. The molecule has 1 aliphatic carbocycles. The molecule has 1 N–H and O–H groups in total. The zero-order valence-corrected chi connectivity index (χ0v) is 19.3. The highest BCUT2D eigenvalue weighted by atomic mass is 16.6. The molecule has 0 spiro atoms. The topological polar surface area (TPSA) is 59.4 Å². The number of aryl methyl sites for hydroxylation is 1. The standard InChI is InChI=1S/C27H37N2O3/c1-29(19-7-9-22-15-17-28-18-16-22)20-8-14-25(21-29)32-26(30)27(31,24-12-5-6-13-24)23-10-3-2-4-11-23/h2-4,10-11,15-18,24-25,31H,5-9,12-14,19-21H2,1H3/q+1/t25?,27?,29-/m1/s1. The molecule has 1 aromatic heterocycles. The van der Waals surface area contributed by atoms with E-state index in [9.17, 15) is 9.90 Å². The van der Waals surface area contributed by atoms with E-state index in [1.807, 2.05) is 42.7 Å². The first-order chi connectivity index (χ1) is 15.5. The minimum Gasteiger partial charge on any atom is -0.454 e. The first-order valence-corrected chi connectivity index (χ1v) is 12.2. The second-order valence-electron chi connectivity index (χ2n) is 9.99. The highest BCUT2D eigenvalue weighted by Crippen LogP contribution is 2.42. The molecule has 0 bridgehead atoms. The predicted molar refractivity (Wildman–Crippen MR) is 125 cm³/mol. The van der Waals surface area contributed by atoms with Gasteiger partial charge in [-0.15, -0.1) is 0 Å². The van der Waals surface area contributed by atoms with Gasteiger partial charge in [-0.25, -0.2) is 4.79 Å². The quantitative estimate of drug-likeness (QED) is 0.496. The Bertz CT molecular complexity index is 869. The molecule has 32 heavy (non-hydrogen) atoms. The van der Waals surface area contributed by atoms with E-state index in [-0.39, 0.29) is 12.0 Å². The van der Waals surface area contributed by atoms with Crippen molar-refractivity contribution in [2.45, 2.75) is 63.1 Å². The summed E-state index contributed by atoms with van der Waals surface area (Å²) in [4.78, 5) is 17.5. The molecule has 2 aromatic rings. The Kier molecular flexibility index (Phi) is 7.27. The van der Waals surface area contributed by atoms with Crippen LogP contribution in [0.1, 0.15) is 56.1 Å². The van der Waals surface area contributed by atoms with Gasteiger partial charge >= 0.3 is 5.97 Å². The molecule has 1 saturated carbocycles. The lowest BCUT2D eigenvalue weighted by atomic mass is 9.80. The van der Waals surface area contributed by atoms with Gasteiger partial charge in [0.2, 0.25) is 0 Å². The molecule has 0 radical (unpaired) electrons. The Morgan fingerprint density at radius 2 is 1.81 bits per heavy atom. The summed E-state index contributed by atoms with van der Waals surface area (Å²) >= 11 is 0. The van der Waals surface area contributed by atoms with Crippen LogP contribution in [0.15, 0.2) is 54.9 Å². The minimum absolute atomic E-state index is 0.0674. The molecule has 1 aliphatic heterocycles. The van der Waals surface area contributed by atoms with Crippen LogP contribution in [0.3, 0.4) is 0 Å². The highest BCUT2D eigenvalue weighted by Gasteiger charge is 2.49. The number of piperidine rings is 1. The molecule has 0 amide bonds. The number of aromatic nitrogens is 1. The van der Waals surface area contributed by atoms with Crippen molar-refractivity contribution in [1.82, 2.24) is 4.98 Å². The Hall–Kier alpha value is -2.24. The van der Waals surface area contributed by atoms with Crippen molar-refractivity contribution in [2.24, 2.45) is 5.92 Å². The van der Waals surface area contributed by atoms with E-state index in [4.69, 9.17) is 4.74 Å². The summed E-state index contributed by atoms with van der Waals surface area (Å²) in [7, 11) is 2.27. The van der Waals surface area contributed by atoms with E-state index < -0.39 is 11.6 Å². The van der Waals surface area contributed by atoms with Crippen molar-refractivity contribution < 1.29 is 19.1 Å². The van der Waals surface area contributed by atoms with Gasteiger partial charge in [0.25, 0.3) is 0 Å². The van der Waals surface area contributed by atoms with Gasteiger partial charge in [0.1, 0.15) is 6.54 Å². The fraction of sp³-hybridized carbons (Fsp3) is 0.556. The van der Waals surface area contributed by atoms with Gasteiger partial charge in [-0.3, -0.25) is 4.98 Å². The van der Waals surface area contributed by atoms with Gasteiger partial charge in [0.15, 0.2) is 11.7 Å². The van der Waals surface area contributed by atoms with Gasteiger partial charge in [-0.2, -0.15) is 0 Å². The third kappa shape index (κ3) is 5.21. The van der Waals surface area contributed by atoms with Gasteiger partial charge in [0, 0.05) is 31.2 Å². The molecular weight excluding hydrogens is 400 g/mol. The molecule has 3 atom stereocenters. The Balaban J connectivity index is 1.40. The van der Waals surface area contributed by atoms with Crippen LogP contribution >= 0.6 is 0 Å². The van der Waals surface area contributed by atoms with Crippen LogP contribution in [0.4, 0.5) is 0 Å². The zero-order valence-electron chi connectivity index (χ0n) is 19.3. The molecule has 172 valence electrons. The molecule has 1 saturated heterocycles. The second-order valence-corrected chi connectivity index (χ2v) is 9.99. The number of quaternary nitrogens is 1. The summed E-state index contributed by atoms with van der Waals surface area (Å²) in [6.07, 6.45) is 11.5. The van der Waals surface area contributed by atoms with E-state index in [1.54, 1.807) is 0 Å². The minimum atomic E-state index is -1.54. The van der Waals surface area contributed by atoms with Crippen LogP contribution in [-0.4, -0.2) is 53.3 Å². The number of hydrogen-bond donors (Lipinski definition) is 1. The SMILES string of the molecule is C[N@@+]1(CCCc2ccncc2)CCCC(OC(=O)C(O)(c2ccccc2)C2CCCC2)C1. The number of hydrogen-bond acceptors (Lipinski definition) is 4. The molecule has 1 aromatic carbocycles. The summed E-state index contributed by atoms with van der Waals surface area (Å²) in [5, 5.41) is 11.7. The maximum absolute atomic E-state index is 13.4. The molecular formula is C27H37N2O3+. The van der Waals surface area contributed by atoms with Gasteiger partial charge in [-0.05, 0) is 48.9 Å². The number of aliphatic hydroxyl groups is 1. The Morgan fingerprint density at radius 1 is 1.09 bits per heavy atom. The van der Waals surface area contributed by atoms with Crippen molar-refractivity contribution in [3.05, 3.63) is 66.0 Å². The first-order valence-electron chi connectivity index (χ1n) is 12.2. The monoisotopic (exact) mass is 437 g/mol. The molecule has 5 heteroatoms. The van der Waals surface area contributed by atoms with Crippen LogP contribution in [0.2, 0.25) is 0 Å². The molecule has 4 rings (SSSR count). The third-order valence-electron chi connectivity index (χ3n) is 7.53. The zero-order chi connectivity index (χ0) is 22.4. The lowest BCUT2D eigenvalue weighted by Crippen LogP contribution is -2.55. The van der Waals surface area contributed by atoms with Crippen molar-refractivity contribution in [3.63, 3.8) is 0 Å². The molecule has 2 fully saturated rings. The number of ether oxygens (including phenoxy) is 1. The van der Waals surface area contributed by atoms with Crippen LogP contribution in [0.5, 0.6) is 0 Å². The van der Waals surface area contributed by atoms with E-state index >= 15 is 0 Å². The number of esters is 1. The van der Waals surface area contributed by atoms with Crippen molar-refractivity contribution in [1.29, 1.82) is 0 Å². The fourth-order valence-corrected chi connectivity index (χ4v) is 5.69. The summed E-state index contributed by atoms with van der Waals surface area (Å²) in [6.45, 7) is 2.98. The Morgan fingerprint density at radius 3 is 2.53 bits per heavy atom. The highest BCUT2D eigenvalue weighted by molar-refractivity contribution is 5.81. The lowest BCUT2D eigenvalue weighted by molar-refractivity contribution is -0.917. The van der Waals surface area contributed by atoms with Crippen LogP contribution in [0.25, 0.3) is 0 Å². The van der Waals surface area contributed by atoms with Gasteiger partial charge in [0.05, 0.1) is 20.1 Å².